The molecule has 0 saturated carbocycles. The molecule has 2 aromatic rings. The molecule has 1 amide bonds. The molecule has 0 aliphatic carbocycles. The van der Waals surface area contributed by atoms with Crippen LogP contribution in [-0.4, -0.2) is 29.9 Å². The lowest BCUT2D eigenvalue weighted by Crippen LogP contribution is -2.54. The summed E-state index contributed by atoms with van der Waals surface area (Å²) >= 11 is 0. The Morgan fingerprint density at radius 1 is 1.24 bits per heavy atom. The normalized spacial score (nSPS) is 19.3. The molecule has 1 aromatic heterocycles. The number of hydrogen-bond acceptors (Lipinski definition) is 3. The van der Waals surface area contributed by atoms with Crippen molar-refractivity contribution in [2.75, 3.05) is 13.1 Å². The second kappa shape index (κ2) is 8.07. The second-order valence-corrected chi connectivity index (χ2v) is 7.33. The molecule has 0 radical (unpaired) electrons. The number of benzene rings is 1. The lowest BCUT2D eigenvalue weighted by molar-refractivity contribution is -0.134. The zero-order valence-corrected chi connectivity index (χ0v) is 15.7. The van der Waals surface area contributed by atoms with Crippen molar-refractivity contribution in [3.05, 3.63) is 48.2 Å². The molecule has 1 unspecified atom stereocenters. The Labute approximate surface area is 155 Å². The minimum atomic E-state index is -0.0148. The summed E-state index contributed by atoms with van der Waals surface area (Å²) in [4.78, 5) is 14.4. The number of piperidine rings is 1. The van der Waals surface area contributed by atoms with Crippen molar-refractivity contribution in [2.45, 2.75) is 39.2 Å². The molecule has 25 heavy (non-hydrogen) atoms. The van der Waals surface area contributed by atoms with Crippen molar-refractivity contribution in [1.82, 2.24) is 4.90 Å². The molecule has 0 bridgehead atoms. The largest absolute Gasteiger partial charge is 0.461 e. The van der Waals surface area contributed by atoms with E-state index < -0.39 is 0 Å². The highest BCUT2D eigenvalue weighted by Gasteiger charge is 2.35. The van der Waals surface area contributed by atoms with E-state index in [4.69, 9.17) is 10.2 Å². The molecule has 1 saturated heterocycles. The summed E-state index contributed by atoms with van der Waals surface area (Å²) in [5, 5.41) is 0. The van der Waals surface area contributed by atoms with Crippen LogP contribution in [0.3, 0.4) is 0 Å². The number of aryl methyl sites for hydroxylation is 1. The zero-order valence-electron chi connectivity index (χ0n) is 14.9. The molecule has 5 heteroatoms. The Balaban J connectivity index is 0.00000225. The Morgan fingerprint density at radius 3 is 2.64 bits per heavy atom. The standard InChI is InChI=1S/C20H26N2O2.ClH/c1-20(2)14-22(13-12-18(20)21)19(23)11-9-16-8-10-17(24-16)15-6-4-3-5-7-15;/h3-8,10,18H,9,11-14,21H2,1-2H3;1H. The summed E-state index contributed by atoms with van der Waals surface area (Å²) in [6.07, 6.45) is 1.99. The SMILES string of the molecule is CC1(C)CN(C(=O)CCc2ccc(-c3ccccc3)o2)CCC1N.Cl. The van der Waals surface area contributed by atoms with Gasteiger partial charge < -0.3 is 15.1 Å². The minimum absolute atomic E-state index is 0. The van der Waals surface area contributed by atoms with E-state index in [-0.39, 0.29) is 29.8 Å². The number of carbonyl (C=O) groups is 1. The molecule has 1 aromatic carbocycles. The van der Waals surface area contributed by atoms with Crippen LogP contribution in [0.15, 0.2) is 46.9 Å². The van der Waals surface area contributed by atoms with Crippen LogP contribution in [0.4, 0.5) is 0 Å². The highest BCUT2D eigenvalue weighted by atomic mass is 35.5. The first kappa shape index (κ1) is 19.5. The third-order valence-corrected chi connectivity index (χ3v) is 4.97. The molecule has 2 heterocycles. The number of carbonyl (C=O) groups excluding carboxylic acids is 1. The lowest BCUT2D eigenvalue weighted by Gasteiger charge is -2.42. The van der Waals surface area contributed by atoms with Crippen LogP contribution >= 0.6 is 12.4 Å². The predicted molar refractivity (Wildman–Crippen MR) is 103 cm³/mol. The third-order valence-electron chi connectivity index (χ3n) is 4.97. The summed E-state index contributed by atoms with van der Waals surface area (Å²) in [7, 11) is 0. The van der Waals surface area contributed by atoms with Crippen LogP contribution < -0.4 is 5.73 Å². The van der Waals surface area contributed by atoms with Gasteiger partial charge in [-0.1, -0.05) is 44.2 Å². The first-order valence-corrected chi connectivity index (χ1v) is 8.63. The second-order valence-electron chi connectivity index (χ2n) is 7.33. The molecular formula is C20H27ClN2O2. The summed E-state index contributed by atoms with van der Waals surface area (Å²) in [5.74, 6) is 1.89. The van der Waals surface area contributed by atoms with Gasteiger partial charge >= 0.3 is 0 Å². The molecule has 0 spiro atoms. The van der Waals surface area contributed by atoms with E-state index in [1.54, 1.807) is 0 Å². The van der Waals surface area contributed by atoms with Crippen LogP contribution in [0.1, 0.15) is 32.4 Å². The van der Waals surface area contributed by atoms with Crippen molar-refractivity contribution >= 4 is 18.3 Å². The third kappa shape index (κ3) is 4.65. The van der Waals surface area contributed by atoms with E-state index in [9.17, 15) is 4.79 Å². The van der Waals surface area contributed by atoms with Gasteiger partial charge in [-0.05, 0) is 24.0 Å². The van der Waals surface area contributed by atoms with E-state index in [2.05, 4.69) is 13.8 Å². The quantitative estimate of drug-likeness (QED) is 0.897. The highest BCUT2D eigenvalue weighted by molar-refractivity contribution is 5.85. The van der Waals surface area contributed by atoms with Crippen LogP contribution in [-0.2, 0) is 11.2 Å². The number of rotatable bonds is 4. The predicted octanol–water partition coefficient (Wildman–Crippen LogP) is 3.89. The van der Waals surface area contributed by atoms with Crippen molar-refractivity contribution < 1.29 is 9.21 Å². The number of furan rings is 1. The van der Waals surface area contributed by atoms with Gasteiger partial charge in [0.2, 0.25) is 5.91 Å². The number of amides is 1. The fraction of sp³-hybridized carbons (Fsp3) is 0.450. The lowest BCUT2D eigenvalue weighted by atomic mass is 9.79. The van der Waals surface area contributed by atoms with Gasteiger partial charge in [-0.15, -0.1) is 12.4 Å². The van der Waals surface area contributed by atoms with Gasteiger partial charge in [0.25, 0.3) is 0 Å². The van der Waals surface area contributed by atoms with Crippen LogP contribution in [0, 0.1) is 5.41 Å². The molecule has 136 valence electrons. The van der Waals surface area contributed by atoms with E-state index in [0.717, 1.165) is 36.6 Å². The topological polar surface area (TPSA) is 59.5 Å². The maximum absolute atomic E-state index is 12.5. The Hall–Kier alpha value is -1.78. The van der Waals surface area contributed by atoms with Crippen molar-refractivity contribution in [1.29, 1.82) is 0 Å². The monoisotopic (exact) mass is 362 g/mol. The van der Waals surface area contributed by atoms with E-state index >= 15 is 0 Å². The average molecular weight is 363 g/mol. The van der Waals surface area contributed by atoms with Gasteiger partial charge in [0.1, 0.15) is 11.5 Å². The minimum Gasteiger partial charge on any atom is -0.461 e. The highest BCUT2D eigenvalue weighted by Crippen LogP contribution is 2.28. The maximum atomic E-state index is 12.5. The van der Waals surface area contributed by atoms with Crippen molar-refractivity contribution in [3.8, 4) is 11.3 Å². The number of nitrogens with zero attached hydrogens (tertiary/aromatic N) is 1. The van der Waals surface area contributed by atoms with Gasteiger partial charge in [0.05, 0.1) is 0 Å². The first-order valence-electron chi connectivity index (χ1n) is 8.63. The van der Waals surface area contributed by atoms with Crippen LogP contribution in [0.5, 0.6) is 0 Å². The van der Waals surface area contributed by atoms with Gasteiger partial charge in [0.15, 0.2) is 0 Å². The molecular weight excluding hydrogens is 336 g/mol. The number of halogens is 1. The molecule has 1 aliphatic heterocycles. The van der Waals surface area contributed by atoms with E-state index in [0.29, 0.717) is 12.8 Å². The summed E-state index contributed by atoms with van der Waals surface area (Å²) in [5.41, 5.74) is 7.19. The molecule has 1 aliphatic rings. The Bertz CT molecular complexity index is 697. The van der Waals surface area contributed by atoms with Gasteiger partial charge in [-0.25, -0.2) is 0 Å². The van der Waals surface area contributed by atoms with E-state index in [1.807, 2.05) is 47.4 Å². The Morgan fingerprint density at radius 2 is 1.96 bits per heavy atom. The number of hydrogen-bond donors (Lipinski definition) is 1. The molecule has 3 rings (SSSR count). The van der Waals surface area contributed by atoms with Gasteiger partial charge in [0, 0.05) is 37.5 Å². The van der Waals surface area contributed by atoms with Gasteiger partial charge in [-0.3, -0.25) is 4.79 Å². The fourth-order valence-corrected chi connectivity index (χ4v) is 3.24. The van der Waals surface area contributed by atoms with Crippen LogP contribution in [0.25, 0.3) is 11.3 Å². The first-order chi connectivity index (χ1) is 11.5. The summed E-state index contributed by atoms with van der Waals surface area (Å²) < 4.78 is 5.87. The molecule has 1 fully saturated rings. The van der Waals surface area contributed by atoms with Crippen LogP contribution in [0.2, 0.25) is 0 Å². The van der Waals surface area contributed by atoms with Crippen molar-refractivity contribution in [2.24, 2.45) is 11.1 Å². The summed E-state index contributed by atoms with van der Waals surface area (Å²) in [6.45, 7) is 5.77. The molecule has 1 atom stereocenters. The van der Waals surface area contributed by atoms with Crippen molar-refractivity contribution in [3.63, 3.8) is 0 Å². The smallest absolute Gasteiger partial charge is 0.223 e. The fourth-order valence-electron chi connectivity index (χ4n) is 3.24. The number of likely N-dealkylation sites (tertiary alicyclic amines) is 1. The maximum Gasteiger partial charge on any atom is 0.223 e. The zero-order chi connectivity index (χ0) is 17.2. The van der Waals surface area contributed by atoms with Gasteiger partial charge in [-0.2, -0.15) is 0 Å². The van der Waals surface area contributed by atoms with E-state index in [1.165, 1.54) is 0 Å². The summed E-state index contributed by atoms with van der Waals surface area (Å²) in [6, 6.07) is 14.1. The molecule has 2 N–H and O–H groups in total. The Kier molecular flexibility index (Phi) is 6.31. The average Bonchev–Trinajstić information content (AvgIpc) is 3.05. The number of nitrogens with two attached hydrogens (primary N) is 1. The molecule has 4 nitrogen and oxygen atoms in total.